The highest BCUT2D eigenvalue weighted by molar-refractivity contribution is 5.91. The lowest BCUT2D eigenvalue weighted by Crippen LogP contribution is -2.52. The largest absolute Gasteiger partial charge is 0.467 e. The van der Waals surface area contributed by atoms with Crippen LogP contribution in [-0.4, -0.2) is 84.9 Å². The molecule has 4 atom stereocenters. The zero-order chi connectivity index (χ0) is 31.4. The predicted molar refractivity (Wildman–Crippen MR) is 161 cm³/mol. The number of hydrogen-bond donors (Lipinski definition) is 1. The molecule has 43 heavy (non-hydrogen) atoms. The summed E-state index contributed by atoms with van der Waals surface area (Å²) in [4.78, 5) is 63.5. The Bertz CT molecular complexity index is 1240. The lowest BCUT2D eigenvalue weighted by Gasteiger charge is -2.27. The van der Waals surface area contributed by atoms with Gasteiger partial charge in [-0.25, -0.2) is 9.59 Å². The summed E-state index contributed by atoms with van der Waals surface area (Å²) in [6.07, 6.45) is 4.01. The fourth-order valence-electron chi connectivity index (χ4n) is 5.66. The third-order valence-electron chi connectivity index (χ3n) is 7.78. The molecule has 0 spiro atoms. The van der Waals surface area contributed by atoms with E-state index in [0.29, 0.717) is 38.8 Å². The molecule has 4 rings (SSSR count). The number of ether oxygens (including phenoxy) is 2. The second-order valence-corrected chi connectivity index (χ2v) is 11.0. The molecule has 0 radical (unpaired) electrons. The van der Waals surface area contributed by atoms with Gasteiger partial charge in [-0.2, -0.15) is 0 Å². The van der Waals surface area contributed by atoms with Crippen LogP contribution in [0.1, 0.15) is 50.7 Å². The summed E-state index contributed by atoms with van der Waals surface area (Å²) in [7, 11) is 2.69. The van der Waals surface area contributed by atoms with E-state index in [0.717, 1.165) is 24.0 Å². The molecule has 10 nitrogen and oxygen atoms in total. The van der Waals surface area contributed by atoms with Crippen molar-refractivity contribution in [2.75, 3.05) is 27.3 Å². The SMILES string of the molecule is COC(=O)[C@@H]1CCCN1C(=O)[C@@H](C)Cc1ccccc1.COC(=O)[C@@H]1CCCN1C(=O)[C@H](Cc1ccccc1)NC(C)=O. The van der Waals surface area contributed by atoms with Gasteiger partial charge >= 0.3 is 11.9 Å². The fourth-order valence-corrected chi connectivity index (χ4v) is 5.66. The van der Waals surface area contributed by atoms with Crippen molar-refractivity contribution < 1.29 is 33.4 Å². The molecule has 2 aliphatic heterocycles. The molecule has 2 fully saturated rings. The summed E-state index contributed by atoms with van der Waals surface area (Å²) in [6.45, 7) is 4.45. The van der Waals surface area contributed by atoms with Crippen LogP contribution < -0.4 is 5.32 Å². The first-order valence-electron chi connectivity index (χ1n) is 14.8. The lowest BCUT2D eigenvalue weighted by atomic mass is 9.99. The number of esters is 2. The summed E-state index contributed by atoms with van der Waals surface area (Å²) < 4.78 is 9.55. The molecule has 2 heterocycles. The minimum atomic E-state index is -0.680. The Balaban J connectivity index is 0.000000238. The second kappa shape index (κ2) is 16.4. The Morgan fingerprint density at radius 2 is 1.19 bits per heavy atom. The first-order valence-corrected chi connectivity index (χ1v) is 14.8. The van der Waals surface area contributed by atoms with E-state index in [1.54, 1.807) is 4.90 Å². The van der Waals surface area contributed by atoms with E-state index in [4.69, 9.17) is 9.47 Å². The number of hydrogen-bond acceptors (Lipinski definition) is 7. The van der Waals surface area contributed by atoms with Gasteiger partial charge in [-0.15, -0.1) is 0 Å². The van der Waals surface area contributed by atoms with Gasteiger partial charge in [0.25, 0.3) is 0 Å². The van der Waals surface area contributed by atoms with Gasteiger partial charge in [0.1, 0.15) is 18.1 Å². The molecular weight excluding hydrogens is 550 g/mol. The molecule has 10 heteroatoms. The molecule has 2 aliphatic rings. The monoisotopic (exact) mass is 593 g/mol. The molecule has 232 valence electrons. The highest BCUT2D eigenvalue weighted by Gasteiger charge is 2.38. The molecule has 0 aromatic heterocycles. The first kappa shape index (κ1) is 33.3. The van der Waals surface area contributed by atoms with Gasteiger partial charge < -0.3 is 24.6 Å². The van der Waals surface area contributed by atoms with Crippen LogP contribution in [-0.2, 0) is 46.3 Å². The van der Waals surface area contributed by atoms with Crippen LogP contribution in [0.4, 0.5) is 0 Å². The normalized spacial score (nSPS) is 19.0. The molecule has 2 aromatic rings. The summed E-state index contributed by atoms with van der Waals surface area (Å²) in [5, 5.41) is 2.70. The quantitative estimate of drug-likeness (QED) is 0.444. The van der Waals surface area contributed by atoms with Crippen LogP contribution in [0.2, 0.25) is 0 Å². The second-order valence-electron chi connectivity index (χ2n) is 11.0. The lowest BCUT2D eigenvalue weighted by molar-refractivity contribution is -0.152. The first-order chi connectivity index (χ1) is 20.7. The molecule has 0 saturated carbocycles. The third kappa shape index (κ3) is 9.39. The number of benzene rings is 2. The van der Waals surface area contributed by atoms with E-state index in [1.807, 2.05) is 67.6 Å². The Morgan fingerprint density at radius 3 is 1.63 bits per heavy atom. The maximum absolute atomic E-state index is 12.8. The summed E-state index contributed by atoms with van der Waals surface area (Å²) in [5.74, 6) is -1.30. The number of carbonyl (C=O) groups excluding carboxylic acids is 5. The summed E-state index contributed by atoms with van der Waals surface area (Å²) in [6, 6.07) is 17.8. The molecule has 0 aliphatic carbocycles. The van der Waals surface area contributed by atoms with E-state index in [1.165, 1.54) is 26.0 Å². The predicted octanol–water partition coefficient (Wildman–Crippen LogP) is 2.93. The summed E-state index contributed by atoms with van der Waals surface area (Å²) in [5.41, 5.74) is 2.09. The zero-order valence-corrected chi connectivity index (χ0v) is 25.5. The number of nitrogens with zero attached hydrogens (tertiary/aromatic N) is 2. The van der Waals surface area contributed by atoms with Crippen molar-refractivity contribution in [2.45, 2.75) is 70.5 Å². The molecule has 2 aromatic carbocycles. The Morgan fingerprint density at radius 1 is 0.744 bits per heavy atom. The van der Waals surface area contributed by atoms with Crippen molar-refractivity contribution in [3.05, 3.63) is 71.8 Å². The van der Waals surface area contributed by atoms with Crippen molar-refractivity contribution in [1.82, 2.24) is 15.1 Å². The minimum Gasteiger partial charge on any atom is -0.467 e. The highest BCUT2D eigenvalue weighted by Crippen LogP contribution is 2.23. The number of rotatable bonds is 9. The molecule has 3 amide bonds. The smallest absolute Gasteiger partial charge is 0.328 e. The zero-order valence-electron chi connectivity index (χ0n) is 25.5. The maximum Gasteiger partial charge on any atom is 0.328 e. The van der Waals surface area contributed by atoms with Crippen molar-refractivity contribution in [3.63, 3.8) is 0 Å². The number of methoxy groups -OCH3 is 2. The highest BCUT2D eigenvalue weighted by atomic mass is 16.5. The Labute approximate surface area is 253 Å². The van der Waals surface area contributed by atoms with Gasteiger partial charge in [0.2, 0.25) is 17.7 Å². The van der Waals surface area contributed by atoms with Gasteiger partial charge in [-0.1, -0.05) is 67.6 Å². The van der Waals surface area contributed by atoms with E-state index < -0.39 is 24.1 Å². The maximum atomic E-state index is 12.8. The van der Waals surface area contributed by atoms with Gasteiger partial charge in [-0.05, 0) is 43.2 Å². The Hall–Kier alpha value is -4.21. The Kier molecular flexibility index (Phi) is 12.7. The fraction of sp³-hybridized carbons (Fsp3) is 0.485. The van der Waals surface area contributed by atoms with Crippen molar-refractivity contribution in [3.8, 4) is 0 Å². The average Bonchev–Trinajstić information content (AvgIpc) is 3.71. The number of amides is 3. The van der Waals surface area contributed by atoms with Gasteiger partial charge in [-0.3, -0.25) is 14.4 Å². The number of carbonyl (C=O) groups is 5. The van der Waals surface area contributed by atoms with Crippen molar-refractivity contribution in [2.24, 2.45) is 5.92 Å². The van der Waals surface area contributed by atoms with E-state index >= 15 is 0 Å². The molecule has 0 unspecified atom stereocenters. The molecular formula is C33H43N3O7. The van der Waals surface area contributed by atoms with Crippen molar-refractivity contribution >= 4 is 29.7 Å². The molecule has 2 saturated heterocycles. The summed E-state index contributed by atoms with van der Waals surface area (Å²) >= 11 is 0. The van der Waals surface area contributed by atoms with Crippen molar-refractivity contribution in [1.29, 1.82) is 0 Å². The van der Waals surface area contributed by atoms with Crippen LogP contribution in [0.3, 0.4) is 0 Å². The molecule has 0 bridgehead atoms. The van der Waals surface area contributed by atoms with E-state index in [-0.39, 0.29) is 29.6 Å². The minimum absolute atomic E-state index is 0.0433. The third-order valence-corrected chi connectivity index (χ3v) is 7.78. The van der Waals surface area contributed by atoms with E-state index in [9.17, 15) is 24.0 Å². The van der Waals surface area contributed by atoms with Crippen LogP contribution in [0.15, 0.2) is 60.7 Å². The van der Waals surface area contributed by atoms with Gasteiger partial charge in [0.05, 0.1) is 14.2 Å². The van der Waals surface area contributed by atoms with Gasteiger partial charge in [0, 0.05) is 32.4 Å². The number of likely N-dealkylation sites (tertiary alicyclic amines) is 2. The number of nitrogens with one attached hydrogen (secondary N) is 1. The topological polar surface area (TPSA) is 122 Å². The molecule has 1 N–H and O–H groups in total. The van der Waals surface area contributed by atoms with E-state index in [2.05, 4.69) is 5.32 Å². The average molecular weight is 594 g/mol. The van der Waals surface area contributed by atoms with Gasteiger partial charge in [0.15, 0.2) is 0 Å². The van der Waals surface area contributed by atoms with Crippen LogP contribution in [0.5, 0.6) is 0 Å². The van der Waals surface area contributed by atoms with Crippen LogP contribution in [0, 0.1) is 5.92 Å². The van der Waals surface area contributed by atoms with Crippen LogP contribution in [0.25, 0.3) is 0 Å². The van der Waals surface area contributed by atoms with Crippen LogP contribution >= 0.6 is 0 Å². The standard InChI is InChI=1S/C17H22N2O4.C16H21NO3/c1-12(20)18-14(11-13-7-4-3-5-8-13)16(21)19-10-6-9-15(19)17(22)23-2;1-12(11-13-7-4-3-5-8-13)15(18)17-10-6-9-14(17)16(19)20-2/h3-5,7-8,14-15H,6,9-11H2,1-2H3,(H,18,20);3-5,7-8,12,14H,6,9-11H2,1-2H3/t14-,15-;12-,14-/m00/s1.